The molecule has 0 aromatic carbocycles. The lowest BCUT2D eigenvalue weighted by molar-refractivity contribution is -0.137. The maximum atomic E-state index is 12.3. The average molecular weight is 292 g/mol. The predicted octanol–water partition coefficient (Wildman–Crippen LogP) is 3.70. The predicted molar refractivity (Wildman–Crippen MR) is 60.4 cm³/mol. The van der Waals surface area contributed by atoms with E-state index in [9.17, 15) is 13.2 Å². The molecular formula is C10H5ClF3N3S. The first-order chi connectivity index (χ1) is 8.45. The third-order valence-corrected chi connectivity index (χ3v) is 2.94. The Morgan fingerprint density at radius 1 is 1.06 bits per heavy atom. The van der Waals surface area contributed by atoms with Gasteiger partial charge >= 0.3 is 6.18 Å². The number of aromatic nitrogens is 3. The Bertz CT molecular complexity index is 545. The Hall–Kier alpha value is -1.34. The highest BCUT2D eigenvalue weighted by molar-refractivity contribution is 7.99. The molecule has 0 fully saturated rings. The van der Waals surface area contributed by atoms with Gasteiger partial charge in [-0.05, 0) is 41.6 Å². The fraction of sp³-hybridized carbons (Fsp3) is 0.100. The van der Waals surface area contributed by atoms with Crippen molar-refractivity contribution in [3.8, 4) is 0 Å². The van der Waals surface area contributed by atoms with Crippen molar-refractivity contribution in [1.82, 2.24) is 15.0 Å². The molecule has 0 saturated carbocycles. The molecule has 94 valence electrons. The van der Waals surface area contributed by atoms with Crippen LogP contribution in [0.1, 0.15) is 5.56 Å². The van der Waals surface area contributed by atoms with Crippen LogP contribution in [0.4, 0.5) is 13.2 Å². The summed E-state index contributed by atoms with van der Waals surface area (Å²) in [6.45, 7) is 0. The summed E-state index contributed by atoms with van der Waals surface area (Å²) < 4.78 is 36.9. The van der Waals surface area contributed by atoms with Crippen LogP contribution in [0.5, 0.6) is 0 Å². The van der Waals surface area contributed by atoms with Crippen molar-refractivity contribution in [2.45, 2.75) is 16.2 Å². The molecule has 3 nitrogen and oxygen atoms in total. The van der Waals surface area contributed by atoms with E-state index < -0.39 is 11.7 Å². The number of halogens is 4. The van der Waals surface area contributed by atoms with Crippen LogP contribution in [0.3, 0.4) is 0 Å². The molecule has 0 unspecified atom stereocenters. The minimum absolute atomic E-state index is 0.0758. The zero-order valence-electron chi connectivity index (χ0n) is 8.65. The van der Waals surface area contributed by atoms with E-state index in [2.05, 4.69) is 15.0 Å². The molecule has 0 aliphatic carbocycles. The lowest BCUT2D eigenvalue weighted by Gasteiger charge is -2.06. The minimum atomic E-state index is -4.38. The number of pyridine rings is 1. The highest BCUT2D eigenvalue weighted by Gasteiger charge is 2.30. The Morgan fingerprint density at radius 2 is 1.83 bits per heavy atom. The molecule has 0 bridgehead atoms. The Kier molecular flexibility index (Phi) is 3.72. The van der Waals surface area contributed by atoms with Crippen LogP contribution < -0.4 is 0 Å². The molecule has 2 aromatic heterocycles. The average Bonchev–Trinajstić information content (AvgIpc) is 2.28. The van der Waals surface area contributed by atoms with E-state index in [-0.39, 0.29) is 5.28 Å². The van der Waals surface area contributed by atoms with Crippen LogP contribution in [0.15, 0.2) is 40.6 Å². The van der Waals surface area contributed by atoms with Crippen molar-refractivity contribution in [1.29, 1.82) is 0 Å². The summed E-state index contributed by atoms with van der Waals surface area (Å²) in [5.41, 5.74) is -0.785. The minimum Gasteiger partial charge on any atom is -0.249 e. The molecule has 0 aliphatic rings. The number of hydrogen-bond acceptors (Lipinski definition) is 4. The van der Waals surface area contributed by atoms with E-state index in [1.807, 2.05) is 0 Å². The zero-order valence-corrected chi connectivity index (χ0v) is 10.2. The van der Waals surface area contributed by atoms with Crippen LogP contribution in [-0.2, 0) is 6.18 Å². The monoisotopic (exact) mass is 291 g/mol. The summed E-state index contributed by atoms with van der Waals surface area (Å²) >= 11 is 6.70. The Morgan fingerprint density at radius 3 is 2.39 bits per heavy atom. The van der Waals surface area contributed by atoms with Crippen LogP contribution in [0.25, 0.3) is 0 Å². The van der Waals surface area contributed by atoms with Gasteiger partial charge in [-0.15, -0.1) is 0 Å². The SMILES string of the molecule is FC(F)(F)c1ccc(Sc2ccnc(Cl)n2)nc1. The number of nitrogens with zero attached hydrogens (tertiary/aromatic N) is 3. The van der Waals surface area contributed by atoms with Crippen LogP contribution in [0, 0.1) is 0 Å². The zero-order chi connectivity index (χ0) is 13.2. The van der Waals surface area contributed by atoms with Crippen molar-refractivity contribution in [2.24, 2.45) is 0 Å². The summed E-state index contributed by atoms with van der Waals surface area (Å²) in [5.74, 6) is 0. The normalized spacial score (nSPS) is 11.6. The first kappa shape index (κ1) is 13.1. The van der Waals surface area contributed by atoms with E-state index >= 15 is 0 Å². The molecular weight excluding hydrogens is 287 g/mol. The molecule has 0 amide bonds. The van der Waals surface area contributed by atoms with Gasteiger partial charge in [-0.25, -0.2) is 15.0 Å². The second-order valence-corrected chi connectivity index (χ2v) is 4.53. The maximum absolute atomic E-state index is 12.3. The Balaban J connectivity index is 2.16. The summed E-state index contributed by atoms with van der Waals surface area (Å²) in [6, 6.07) is 3.84. The fourth-order valence-corrected chi connectivity index (χ4v) is 2.01. The molecule has 8 heteroatoms. The lowest BCUT2D eigenvalue weighted by Crippen LogP contribution is -2.05. The molecule has 2 rings (SSSR count). The third-order valence-electron chi connectivity index (χ3n) is 1.87. The van der Waals surface area contributed by atoms with Crippen molar-refractivity contribution in [2.75, 3.05) is 0 Å². The van der Waals surface area contributed by atoms with Crippen molar-refractivity contribution < 1.29 is 13.2 Å². The second kappa shape index (κ2) is 5.11. The van der Waals surface area contributed by atoms with E-state index in [4.69, 9.17) is 11.6 Å². The molecule has 2 aromatic rings. The topological polar surface area (TPSA) is 38.7 Å². The highest BCUT2D eigenvalue weighted by atomic mass is 35.5. The third kappa shape index (κ3) is 3.33. The van der Waals surface area contributed by atoms with Crippen molar-refractivity contribution in [3.63, 3.8) is 0 Å². The molecule has 0 radical (unpaired) electrons. The quantitative estimate of drug-likeness (QED) is 0.625. The van der Waals surface area contributed by atoms with E-state index in [0.29, 0.717) is 10.1 Å². The number of alkyl halides is 3. The highest BCUT2D eigenvalue weighted by Crippen LogP contribution is 2.30. The van der Waals surface area contributed by atoms with Gasteiger partial charge in [0.25, 0.3) is 0 Å². The van der Waals surface area contributed by atoms with E-state index in [1.54, 1.807) is 6.07 Å². The molecule has 0 atom stereocenters. The molecule has 0 spiro atoms. The lowest BCUT2D eigenvalue weighted by atomic mass is 10.3. The van der Waals surface area contributed by atoms with Crippen LogP contribution in [-0.4, -0.2) is 15.0 Å². The molecule has 0 aliphatic heterocycles. The molecule has 2 heterocycles. The molecule has 18 heavy (non-hydrogen) atoms. The van der Waals surface area contributed by atoms with Gasteiger partial charge in [-0.2, -0.15) is 13.2 Å². The van der Waals surface area contributed by atoms with E-state index in [1.165, 1.54) is 12.3 Å². The number of hydrogen-bond donors (Lipinski definition) is 0. The van der Waals surface area contributed by atoms with Crippen LogP contribution in [0.2, 0.25) is 5.28 Å². The van der Waals surface area contributed by atoms with Gasteiger partial charge in [0, 0.05) is 12.4 Å². The summed E-state index contributed by atoms with van der Waals surface area (Å²) in [6.07, 6.45) is -2.14. The van der Waals surface area contributed by atoms with Crippen LogP contribution >= 0.6 is 23.4 Å². The molecule has 0 saturated heterocycles. The first-order valence-electron chi connectivity index (χ1n) is 4.65. The number of rotatable bonds is 2. The van der Waals surface area contributed by atoms with Gasteiger partial charge in [0.1, 0.15) is 10.1 Å². The van der Waals surface area contributed by atoms with E-state index in [0.717, 1.165) is 24.0 Å². The molecule has 0 N–H and O–H groups in total. The first-order valence-corrected chi connectivity index (χ1v) is 5.84. The van der Waals surface area contributed by atoms with Gasteiger partial charge in [0.05, 0.1) is 5.56 Å². The van der Waals surface area contributed by atoms with Crippen molar-refractivity contribution in [3.05, 3.63) is 41.4 Å². The van der Waals surface area contributed by atoms with Crippen molar-refractivity contribution >= 4 is 23.4 Å². The smallest absolute Gasteiger partial charge is 0.249 e. The van der Waals surface area contributed by atoms with Gasteiger partial charge < -0.3 is 0 Å². The summed E-state index contributed by atoms with van der Waals surface area (Å²) in [5, 5.41) is 0.993. The van der Waals surface area contributed by atoms with Gasteiger partial charge in [0.15, 0.2) is 0 Å². The standard InChI is InChI=1S/C10H5ClF3N3S/c11-9-15-4-3-8(17-9)18-7-2-1-6(5-16-7)10(12,13)14/h1-5H. The van der Waals surface area contributed by atoms with Gasteiger partial charge in [-0.3, -0.25) is 0 Å². The summed E-state index contributed by atoms with van der Waals surface area (Å²) in [4.78, 5) is 11.3. The largest absolute Gasteiger partial charge is 0.417 e. The van der Waals surface area contributed by atoms with Gasteiger partial charge in [0.2, 0.25) is 5.28 Å². The second-order valence-electron chi connectivity index (χ2n) is 3.15. The fourth-order valence-electron chi connectivity index (χ4n) is 1.09. The maximum Gasteiger partial charge on any atom is 0.417 e. The summed E-state index contributed by atoms with van der Waals surface area (Å²) in [7, 11) is 0. The Labute approximate surface area is 109 Å². The van der Waals surface area contributed by atoms with Gasteiger partial charge in [-0.1, -0.05) is 0 Å².